The SMILES string of the molecule is COc1cc(OC)nc(NC(=O)NS(=O)(=O)c2c(-c3nnn(C)n3)cnn2C)n1.O=C(O)c1cc(Oc2ccc(C(F)(F)F)cc2Cl)ccc1[N+](=O)[O-]. The molecule has 0 radical (unpaired) electrons. The number of alkyl halides is 3. The number of tetrazole rings is 1. The first-order valence-electron chi connectivity index (χ1n) is 14.0. The van der Waals surface area contributed by atoms with E-state index in [9.17, 15) is 41.3 Å². The first kappa shape index (κ1) is 39.2. The lowest BCUT2D eigenvalue weighted by atomic mass is 10.1. The van der Waals surface area contributed by atoms with Crippen LogP contribution in [0.4, 0.5) is 29.6 Å². The highest BCUT2D eigenvalue weighted by atomic mass is 35.5. The number of carboxylic acid groups (broad SMARTS) is 1. The number of methoxy groups -OCH3 is 2. The first-order chi connectivity index (χ1) is 24.8. The van der Waals surface area contributed by atoms with Gasteiger partial charge in [-0.1, -0.05) is 11.6 Å². The minimum absolute atomic E-state index is 0.0299. The molecule has 21 nitrogen and oxygen atoms in total. The Bertz CT molecular complexity index is 2280. The van der Waals surface area contributed by atoms with Crippen LogP contribution in [0.15, 0.2) is 53.7 Å². The van der Waals surface area contributed by atoms with E-state index in [1.807, 2.05) is 4.72 Å². The van der Waals surface area contributed by atoms with E-state index < -0.39 is 49.9 Å². The van der Waals surface area contributed by atoms with E-state index >= 15 is 0 Å². The van der Waals surface area contributed by atoms with Crippen LogP contribution in [0.3, 0.4) is 0 Å². The molecule has 26 heteroatoms. The summed E-state index contributed by atoms with van der Waals surface area (Å²) in [5.41, 5.74) is -2.18. The highest BCUT2D eigenvalue weighted by Gasteiger charge is 2.31. The zero-order valence-electron chi connectivity index (χ0n) is 27.2. The topological polar surface area (TPSA) is 271 Å². The van der Waals surface area contributed by atoms with Gasteiger partial charge in [0.15, 0.2) is 5.03 Å². The van der Waals surface area contributed by atoms with E-state index in [4.69, 9.17) is 30.9 Å². The van der Waals surface area contributed by atoms with Crippen LogP contribution in [0.2, 0.25) is 5.02 Å². The number of carbonyl (C=O) groups is 2. The molecule has 53 heavy (non-hydrogen) atoms. The second-order valence-corrected chi connectivity index (χ2v) is 11.9. The predicted octanol–water partition coefficient (Wildman–Crippen LogP) is 3.69. The summed E-state index contributed by atoms with van der Waals surface area (Å²) in [4.78, 5) is 42.1. The molecular weight excluding hydrogens is 763 g/mol. The number of nitro benzene ring substituents is 1. The lowest BCUT2D eigenvalue weighted by Crippen LogP contribution is -2.36. The summed E-state index contributed by atoms with van der Waals surface area (Å²) in [5.74, 6) is -1.81. The van der Waals surface area contributed by atoms with Crippen molar-refractivity contribution in [3.05, 3.63) is 74.9 Å². The summed E-state index contributed by atoms with van der Waals surface area (Å²) in [7, 11) is 1.27. The van der Waals surface area contributed by atoms with E-state index in [1.165, 1.54) is 40.6 Å². The summed E-state index contributed by atoms with van der Waals surface area (Å²) in [6.45, 7) is 0. The summed E-state index contributed by atoms with van der Waals surface area (Å²) >= 11 is 5.72. The number of rotatable bonds is 10. The molecule has 5 rings (SSSR count). The van der Waals surface area contributed by atoms with Gasteiger partial charge in [0.2, 0.25) is 23.5 Å². The third kappa shape index (κ3) is 9.58. The van der Waals surface area contributed by atoms with Crippen LogP contribution in [0.1, 0.15) is 15.9 Å². The van der Waals surface area contributed by atoms with Crippen molar-refractivity contribution >= 4 is 45.3 Å². The fourth-order valence-electron chi connectivity index (χ4n) is 4.05. The molecule has 280 valence electrons. The number of benzene rings is 2. The lowest BCUT2D eigenvalue weighted by Gasteiger charge is -2.11. The summed E-state index contributed by atoms with van der Waals surface area (Å²) in [6, 6.07) is 5.54. The molecule has 0 saturated carbocycles. The van der Waals surface area contributed by atoms with Crippen LogP contribution >= 0.6 is 11.6 Å². The molecule has 0 spiro atoms. The van der Waals surface area contributed by atoms with Gasteiger partial charge in [0.25, 0.3) is 15.7 Å². The molecule has 2 amide bonds. The molecule has 2 aromatic carbocycles. The van der Waals surface area contributed by atoms with Crippen molar-refractivity contribution in [2.24, 2.45) is 14.1 Å². The highest BCUT2D eigenvalue weighted by molar-refractivity contribution is 7.90. The molecule has 0 saturated heterocycles. The number of anilines is 1. The Morgan fingerprint density at radius 3 is 2.23 bits per heavy atom. The molecular formula is C27H23ClF3N11O10S. The average Bonchev–Trinajstić information content (AvgIpc) is 3.70. The smallest absolute Gasteiger partial charge is 0.416 e. The number of aromatic carboxylic acids is 1. The van der Waals surface area contributed by atoms with Crippen molar-refractivity contribution < 1.29 is 55.4 Å². The second-order valence-electron chi connectivity index (χ2n) is 9.91. The number of amides is 2. The van der Waals surface area contributed by atoms with Crippen LogP contribution in [-0.4, -0.2) is 84.6 Å². The quantitative estimate of drug-likeness (QED) is 0.135. The normalized spacial score (nSPS) is 11.2. The minimum Gasteiger partial charge on any atom is -0.481 e. The standard InChI is InChI=1S/C14H7ClF3NO5.C13H16N10O5S/c15-10-5-7(14(16,17)18)1-4-12(10)24-8-2-3-11(19(22)23)9(6-8)13(20)21;1-22-11(7(6-14-22)10-18-21-23(2)19-10)29(25,26)20-13(24)17-12-15-8(27-3)5-9(16-12)28-4/h1-6H,(H,20,21);5-6H,1-4H3,(H2,15,16,17,20,24). The molecule has 3 aromatic heterocycles. The molecule has 0 aliphatic carbocycles. The number of nitrogens with one attached hydrogen (secondary N) is 2. The monoisotopic (exact) mass is 785 g/mol. The van der Waals surface area contributed by atoms with Gasteiger partial charge >= 0.3 is 18.2 Å². The van der Waals surface area contributed by atoms with Crippen LogP contribution in [0, 0.1) is 10.1 Å². The number of nitrogens with zero attached hydrogens (tertiary/aromatic N) is 9. The molecule has 0 aliphatic heterocycles. The number of nitro groups is 1. The maximum Gasteiger partial charge on any atom is 0.416 e. The van der Waals surface area contributed by atoms with Gasteiger partial charge in [-0.3, -0.25) is 20.1 Å². The number of halogens is 4. The zero-order chi connectivity index (χ0) is 39.2. The number of hydrogen-bond acceptors (Lipinski definition) is 15. The van der Waals surface area contributed by atoms with Crippen molar-refractivity contribution in [1.82, 2.24) is 44.7 Å². The molecule has 0 fully saturated rings. The van der Waals surface area contributed by atoms with E-state index in [0.29, 0.717) is 6.07 Å². The van der Waals surface area contributed by atoms with Crippen LogP contribution < -0.4 is 24.2 Å². The Morgan fingerprint density at radius 1 is 1.04 bits per heavy atom. The largest absolute Gasteiger partial charge is 0.481 e. The molecule has 5 aromatic rings. The Balaban J connectivity index is 0.000000241. The number of carbonyl (C=O) groups excluding carboxylic acids is 1. The van der Waals surface area contributed by atoms with Gasteiger partial charge < -0.3 is 19.3 Å². The zero-order valence-corrected chi connectivity index (χ0v) is 28.8. The van der Waals surface area contributed by atoms with Crippen molar-refractivity contribution in [1.29, 1.82) is 0 Å². The van der Waals surface area contributed by atoms with Gasteiger partial charge in [0.05, 0.1) is 54.6 Å². The Kier molecular flexibility index (Phi) is 11.6. The van der Waals surface area contributed by atoms with Crippen molar-refractivity contribution in [2.45, 2.75) is 11.2 Å². The van der Waals surface area contributed by atoms with Crippen molar-refractivity contribution in [3.8, 4) is 34.6 Å². The minimum atomic E-state index is -4.58. The number of aromatic nitrogens is 8. The van der Waals surface area contributed by atoms with Gasteiger partial charge in [-0.2, -0.15) is 41.5 Å². The number of aryl methyl sites for hydroxylation is 2. The van der Waals surface area contributed by atoms with Crippen LogP contribution in [0.5, 0.6) is 23.3 Å². The van der Waals surface area contributed by atoms with Gasteiger partial charge in [0, 0.05) is 19.2 Å². The maximum absolute atomic E-state index is 12.8. The Hall–Kier alpha value is -6.63. The first-order valence-corrected chi connectivity index (χ1v) is 15.8. The Labute approximate surface area is 299 Å². The summed E-state index contributed by atoms with van der Waals surface area (Å²) < 4.78 is 81.3. The fraction of sp³-hybridized carbons (Fsp3) is 0.185. The maximum atomic E-state index is 12.8. The average molecular weight is 786 g/mol. The summed E-state index contributed by atoms with van der Waals surface area (Å²) in [6.07, 6.45) is -3.33. The van der Waals surface area contributed by atoms with E-state index in [1.54, 1.807) is 0 Å². The second kappa shape index (κ2) is 15.7. The number of carboxylic acids is 1. The van der Waals surface area contributed by atoms with Crippen LogP contribution in [-0.2, 0) is 30.3 Å². The Morgan fingerprint density at radius 2 is 1.70 bits per heavy atom. The molecule has 3 N–H and O–H groups in total. The third-order valence-corrected chi connectivity index (χ3v) is 8.06. The molecule has 0 bridgehead atoms. The highest BCUT2D eigenvalue weighted by Crippen LogP contribution is 2.37. The molecule has 3 heterocycles. The van der Waals surface area contributed by atoms with Crippen molar-refractivity contribution in [2.75, 3.05) is 19.5 Å². The molecule has 0 aliphatic rings. The van der Waals surface area contributed by atoms with E-state index in [-0.39, 0.29) is 50.6 Å². The number of hydrogen-bond donors (Lipinski definition) is 3. The van der Waals surface area contributed by atoms with E-state index in [2.05, 4.69) is 35.8 Å². The van der Waals surface area contributed by atoms with Crippen LogP contribution in [0.25, 0.3) is 11.4 Å². The van der Waals surface area contributed by atoms with Gasteiger partial charge in [-0.25, -0.2) is 14.3 Å². The van der Waals surface area contributed by atoms with Gasteiger partial charge in [0.1, 0.15) is 17.1 Å². The van der Waals surface area contributed by atoms with Gasteiger partial charge in [-0.15, -0.1) is 10.2 Å². The number of ether oxygens (including phenoxy) is 3. The number of urea groups is 1. The fourth-order valence-corrected chi connectivity index (χ4v) is 5.49. The predicted molar refractivity (Wildman–Crippen MR) is 172 cm³/mol. The van der Waals surface area contributed by atoms with Gasteiger partial charge in [-0.05, 0) is 29.5 Å². The summed E-state index contributed by atoms with van der Waals surface area (Å²) in [5, 5.41) is 36.5. The lowest BCUT2D eigenvalue weighted by molar-refractivity contribution is -0.385. The number of sulfonamides is 1. The third-order valence-electron chi connectivity index (χ3n) is 6.32. The molecule has 0 unspecified atom stereocenters. The van der Waals surface area contributed by atoms with Crippen molar-refractivity contribution in [3.63, 3.8) is 0 Å². The molecule has 0 atom stereocenters. The van der Waals surface area contributed by atoms with E-state index in [0.717, 1.165) is 39.8 Å².